The van der Waals surface area contributed by atoms with Crippen molar-refractivity contribution in [2.75, 3.05) is 13.7 Å². The molecule has 0 spiro atoms. The molecule has 0 saturated carbocycles. The van der Waals surface area contributed by atoms with Crippen LogP contribution in [0.2, 0.25) is 0 Å². The van der Waals surface area contributed by atoms with E-state index in [1.807, 2.05) is 12.1 Å². The molecule has 0 saturated heterocycles. The van der Waals surface area contributed by atoms with Crippen LogP contribution in [0.15, 0.2) is 24.3 Å². The number of methoxy groups -OCH3 is 1. The molecule has 0 aromatic heterocycles. The molecule has 0 aliphatic carbocycles. The summed E-state index contributed by atoms with van der Waals surface area (Å²) in [6, 6.07) is 7.71. The van der Waals surface area contributed by atoms with E-state index in [1.165, 1.54) is 7.11 Å². The fourth-order valence-electron chi connectivity index (χ4n) is 1.72. The summed E-state index contributed by atoms with van der Waals surface area (Å²) in [7, 11) is 1.37. The highest BCUT2D eigenvalue weighted by Crippen LogP contribution is 2.10. The molecule has 0 atom stereocenters. The Morgan fingerprint density at radius 2 is 1.95 bits per heavy atom. The van der Waals surface area contributed by atoms with Gasteiger partial charge < -0.3 is 10.5 Å². The second-order valence-corrected chi connectivity index (χ2v) is 5.18. The molecule has 5 heteroatoms. The summed E-state index contributed by atoms with van der Waals surface area (Å²) in [4.78, 5) is 14.0. The highest BCUT2D eigenvalue weighted by atomic mass is 32.1. The topological polar surface area (TPSA) is 55.6 Å². The van der Waals surface area contributed by atoms with E-state index in [1.54, 1.807) is 12.1 Å². The van der Waals surface area contributed by atoms with E-state index in [0.717, 1.165) is 12.1 Å². The lowest BCUT2D eigenvalue weighted by Gasteiger charge is -2.25. The van der Waals surface area contributed by atoms with Gasteiger partial charge in [0.05, 0.1) is 17.7 Å². The molecule has 0 bridgehead atoms. The third kappa shape index (κ3) is 4.96. The Morgan fingerprint density at radius 1 is 1.37 bits per heavy atom. The first kappa shape index (κ1) is 15.6. The molecule has 1 aromatic carbocycles. The molecule has 0 aliphatic rings. The fourth-order valence-corrected chi connectivity index (χ4v) is 1.89. The van der Waals surface area contributed by atoms with E-state index in [-0.39, 0.29) is 5.97 Å². The van der Waals surface area contributed by atoms with E-state index in [4.69, 9.17) is 18.0 Å². The molecule has 104 valence electrons. The number of rotatable bonds is 6. The van der Waals surface area contributed by atoms with E-state index in [2.05, 4.69) is 23.5 Å². The summed E-state index contributed by atoms with van der Waals surface area (Å²) < 4.78 is 4.67. The third-order valence-corrected chi connectivity index (χ3v) is 2.98. The van der Waals surface area contributed by atoms with Crippen molar-refractivity contribution in [3.8, 4) is 0 Å². The maximum atomic E-state index is 11.3. The predicted molar refractivity (Wildman–Crippen MR) is 80.1 cm³/mol. The Labute approximate surface area is 119 Å². The largest absolute Gasteiger partial charge is 0.465 e. The SMILES string of the molecule is COC(=O)c1ccc(CN(CC(N)=S)C(C)C)cc1. The molecule has 0 radical (unpaired) electrons. The van der Waals surface area contributed by atoms with Crippen LogP contribution in [-0.4, -0.2) is 35.6 Å². The number of ether oxygens (including phenoxy) is 1. The Kier molecular flexibility index (Phi) is 5.92. The molecule has 1 rings (SSSR count). The first-order valence-corrected chi connectivity index (χ1v) is 6.54. The third-order valence-electron chi connectivity index (χ3n) is 2.85. The number of hydrogen-bond acceptors (Lipinski definition) is 4. The molecule has 19 heavy (non-hydrogen) atoms. The zero-order valence-electron chi connectivity index (χ0n) is 11.6. The highest BCUT2D eigenvalue weighted by molar-refractivity contribution is 7.80. The van der Waals surface area contributed by atoms with Crippen LogP contribution in [0, 0.1) is 0 Å². The molecule has 0 fully saturated rings. The molecule has 0 amide bonds. The molecule has 2 N–H and O–H groups in total. The van der Waals surface area contributed by atoms with Gasteiger partial charge in [-0.1, -0.05) is 24.4 Å². The van der Waals surface area contributed by atoms with Crippen LogP contribution in [0.3, 0.4) is 0 Å². The summed E-state index contributed by atoms with van der Waals surface area (Å²) in [6.07, 6.45) is 0. The normalized spacial score (nSPS) is 10.8. The molecule has 0 heterocycles. The van der Waals surface area contributed by atoms with Crippen molar-refractivity contribution >= 4 is 23.2 Å². The predicted octanol–water partition coefficient (Wildman–Crippen LogP) is 1.97. The van der Waals surface area contributed by atoms with Crippen LogP contribution >= 0.6 is 12.2 Å². The van der Waals surface area contributed by atoms with Gasteiger partial charge in [-0.05, 0) is 31.5 Å². The summed E-state index contributed by atoms with van der Waals surface area (Å²) in [6.45, 7) is 5.53. The van der Waals surface area contributed by atoms with Gasteiger partial charge in [0, 0.05) is 19.1 Å². The maximum absolute atomic E-state index is 11.3. The Morgan fingerprint density at radius 3 is 2.37 bits per heavy atom. The van der Waals surface area contributed by atoms with Gasteiger partial charge in [0.1, 0.15) is 0 Å². The summed E-state index contributed by atoms with van der Waals surface area (Å²) in [5.74, 6) is -0.324. The van der Waals surface area contributed by atoms with Crippen LogP contribution < -0.4 is 5.73 Å². The van der Waals surface area contributed by atoms with Crippen molar-refractivity contribution in [2.24, 2.45) is 5.73 Å². The van der Waals surface area contributed by atoms with Crippen molar-refractivity contribution in [2.45, 2.75) is 26.4 Å². The minimum atomic E-state index is -0.324. The van der Waals surface area contributed by atoms with Crippen molar-refractivity contribution in [3.05, 3.63) is 35.4 Å². The van der Waals surface area contributed by atoms with Gasteiger partial charge in [0.2, 0.25) is 0 Å². The Hall–Kier alpha value is -1.46. The zero-order chi connectivity index (χ0) is 14.4. The van der Waals surface area contributed by atoms with E-state index in [0.29, 0.717) is 23.1 Å². The minimum absolute atomic E-state index is 0.324. The number of carbonyl (C=O) groups excluding carboxylic acids is 1. The first-order valence-electron chi connectivity index (χ1n) is 6.13. The summed E-state index contributed by atoms with van der Waals surface area (Å²) in [5.41, 5.74) is 7.26. The lowest BCUT2D eigenvalue weighted by Crippen LogP contribution is -2.37. The molecule has 1 aromatic rings. The fraction of sp³-hybridized carbons (Fsp3) is 0.429. The van der Waals surface area contributed by atoms with Crippen LogP contribution in [0.1, 0.15) is 29.8 Å². The lowest BCUT2D eigenvalue weighted by atomic mass is 10.1. The van der Waals surface area contributed by atoms with Crippen LogP contribution in [0.25, 0.3) is 0 Å². The summed E-state index contributed by atoms with van der Waals surface area (Å²) >= 11 is 4.95. The second kappa shape index (κ2) is 7.21. The van der Waals surface area contributed by atoms with Crippen LogP contribution in [-0.2, 0) is 11.3 Å². The summed E-state index contributed by atoms with van der Waals surface area (Å²) in [5, 5.41) is 0. The number of nitrogens with zero attached hydrogens (tertiary/aromatic N) is 1. The number of hydrogen-bond donors (Lipinski definition) is 1. The number of carbonyl (C=O) groups is 1. The molecular formula is C14H20N2O2S. The van der Waals surface area contributed by atoms with Gasteiger partial charge in [-0.15, -0.1) is 0 Å². The van der Waals surface area contributed by atoms with Gasteiger partial charge in [-0.2, -0.15) is 0 Å². The van der Waals surface area contributed by atoms with Crippen LogP contribution in [0.5, 0.6) is 0 Å². The molecule has 0 unspecified atom stereocenters. The first-order chi connectivity index (χ1) is 8.93. The van der Waals surface area contributed by atoms with Gasteiger partial charge in [0.25, 0.3) is 0 Å². The zero-order valence-corrected chi connectivity index (χ0v) is 12.4. The number of esters is 1. The number of nitrogens with two attached hydrogens (primary N) is 1. The van der Waals surface area contributed by atoms with Gasteiger partial charge in [-0.3, -0.25) is 4.90 Å². The van der Waals surface area contributed by atoms with Crippen molar-refractivity contribution in [1.29, 1.82) is 0 Å². The van der Waals surface area contributed by atoms with Crippen molar-refractivity contribution in [3.63, 3.8) is 0 Å². The Balaban J connectivity index is 2.74. The molecule has 0 aliphatic heterocycles. The quantitative estimate of drug-likeness (QED) is 0.638. The van der Waals surface area contributed by atoms with Gasteiger partial charge >= 0.3 is 5.97 Å². The molecular weight excluding hydrogens is 260 g/mol. The standard InChI is InChI=1S/C14H20N2O2S/c1-10(2)16(9-13(15)19)8-11-4-6-12(7-5-11)14(17)18-3/h4-7,10H,8-9H2,1-3H3,(H2,15,19). The lowest BCUT2D eigenvalue weighted by molar-refractivity contribution is 0.0600. The van der Waals surface area contributed by atoms with Crippen molar-refractivity contribution < 1.29 is 9.53 Å². The molecule has 4 nitrogen and oxygen atoms in total. The smallest absolute Gasteiger partial charge is 0.337 e. The minimum Gasteiger partial charge on any atom is -0.465 e. The van der Waals surface area contributed by atoms with E-state index in [9.17, 15) is 4.79 Å². The van der Waals surface area contributed by atoms with E-state index >= 15 is 0 Å². The monoisotopic (exact) mass is 280 g/mol. The van der Waals surface area contributed by atoms with E-state index < -0.39 is 0 Å². The second-order valence-electron chi connectivity index (χ2n) is 4.65. The average molecular weight is 280 g/mol. The van der Waals surface area contributed by atoms with Gasteiger partial charge in [0.15, 0.2) is 0 Å². The number of thiocarbonyl (C=S) groups is 1. The van der Waals surface area contributed by atoms with Gasteiger partial charge in [-0.25, -0.2) is 4.79 Å². The van der Waals surface area contributed by atoms with Crippen LogP contribution in [0.4, 0.5) is 0 Å². The highest BCUT2D eigenvalue weighted by Gasteiger charge is 2.12. The van der Waals surface area contributed by atoms with Crippen molar-refractivity contribution in [1.82, 2.24) is 4.90 Å². The number of benzene rings is 1. The Bertz CT molecular complexity index is 443. The maximum Gasteiger partial charge on any atom is 0.337 e. The average Bonchev–Trinajstić information content (AvgIpc) is 2.37.